The molecule has 0 amide bonds. The van der Waals surface area contributed by atoms with Gasteiger partial charge in [-0.2, -0.15) is 10.2 Å². The number of rotatable bonds is 2. The zero-order chi connectivity index (χ0) is 9.97. The molecule has 1 heterocycles. The van der Waals surface area contributed by atoms with Gasteiger partial charge in [0.1, 0.15) is 0 Å². The summed E-state index contributed by atoms with van der Waals surface area (Å²) in [5.74, 6) is 0.604. The summed E-state index contributed by atoms with van der Waals surface area (Å²) in [6, 6.07) is 11.1. The van der Waals surface area contributed by atoms with Crippen LogP contribution < -0.4 is 0 Å². The van der Waals surface area contributed by atoms with Gasteiger partial charge in [0.15, 0.2) is 0 Å². The number of benzene rings is 1. The summed E-state index contributed by atoms with van der Waals surface area (Å²) >= 11 is 0. The van der Waals surface area contributed by atoms with Gasteiger partial charge in [0.25, 0.3) is 0 Å². The van der Waals surface area contributed by atoms with Crippen LogP contribution in [0.25, 0.3) is 0 Å². The van der Waals surface area contributed by atoms with E-state index in [0.717, 1.165) is 6.42 Å². The highest BCUT2D eigenvalue weighted by Crippen LogP contribution is 2.32. The second kappa shape index (κ2) is 3.91. The zero-order valence-corrected chi connectivity index (χ0v) is 8.72. The van der Waals surface area contributed by atoms with Crippen molar-refractivity contribution >= 4 is 0 Å². The van der Waals surface area contributed by atoms with Gasteiger partial charge in [-0.1, -0.05) is 44.2 Å². The summed E-state index contributed by atoms with van der Waals surface area (Å²) in [5, 5.41) is 8.65. The number of hydrogen-bond acceptors (Lipinski definition) is 2. The van der Waals surface area contributed by atoms with Crippen LogP contribution >= 0.6 is 0 Å². The molecule has 2 nitrogen and oxygen atoms in total. The van der Waals surface area contributed by atoms with E-state index in [4.69, 9.17) is 0 Å². The van der Waals surface area contributed by atoms with E-state index in [9.17, 15) is 0 Å². The molecule has 1 aromatic rings. The molecule has 0 aromatic heterocycles. The Kier molecular flexibility index (Phi) is 2.62. The molecule has 74 valence electrons. The summed E-state index contributed by atoms with van der Waals surface area (Å²) in [5.41, 5.74) is 1.29. The van der Waals surface area contributed by atoms with Gasteiger partial charge < -0.3 is 0 Å². The molecule has 2 heteroatoms. The van der Waals surface area contributed by atoms with Gasteiger partial charge in [-0.15, -0.1) is 0 Å². The molecule has 14 heavy (non-hydrogen) atoms. The third kappa shape index (κ3) is 1.84. The Balaban J connectivity index is 2.08. The number of hydrogen-bond donors (Lipinski definition) is 0. The van der Waals surface area contributed by atoms with E-state index in [0.29, 0.717) is 18.0 Å². The minimum absolute atomic E-state index is 0.295. The van der Waals surface area contributed by atoms with Crippen LogP contribution in [0.2, 0.25) is 0 Å². The molecule has 2 atom stereocenters. The lowest BCUT2D eigenvalue weighted by atomic mass is 9.95. The monoisotopic (exact) mass is 188 g/mol. The Labute approximate surface area is 85.1 Å². The summed E-state index contributed by atoms with van der Waals surface area (Å²) in [6.07, 6.45) is 1.07. The maximum absolute atomic E-state index is 4.33. The minimum Gasteiger partial charge on any atom is -0.190 e. The van der Waals surface area contributed by atoms with E-state index in [1.54, 1.807) is 0 Å². The van der Waals surface area contributed by atoms with Gasteiger partial charge in [0.05, 0.1) is 12.1 Å². The second-order valence-corrected chi connectivity index (χ2v) is 4.20. The van der Waals surface area contributed by atoms with Gasteiger partial charge >= 0.3 is 0 Å². The minimum atomic E-state index is 0.295. The fourth-order valence-corrected chi connectivity index (χ4v) is 1.77. The molecule has 0 bridgehead atoms. The first-order valence-electron chi connectivity index (χ1n) is 5.22. The molecule has 0 spiro atoms. The third-order valence-electron chi connectivity index (χ3n) is 2.77. The van der Waals surface area contributed by atoms with Crippen molar-refractivity contribution in [3.05, 3.63) is 35.9 Å². The molecule has 0 saturated heterocycles. The average molecular weight is 188 g/mol. The largest absolute Gasteiger partial charge is 0.190 e. The molecule has 1 aliphatic heterocycles. The molecular weight excluding hydrogens is 172 g/mol. The van der Waals surface area contributed by atoms with Gasteiger partial charge in [-0.3, -0.25) is 0 Å². The van der Waals surface area contributed by atoms with Crippen LogP contribution in [0.1, 0.15) is 31.9 Å². The highest BCUT2D eigenvalue weighted by molar-refractivity contribution is 5.19. The Morgan fingerprint density at radius 1 is 1.14 bits per heavy atom. The van der Waals surface area contributed by atoms with Crippen LogP contribution in [-0.4, -0.2) is 6.04 Å². The van der Waals surface area contributed by atoms with Crippen LogP contribution in [0.3, 0.4) is 0 Å². The molecule has 1 aliphatic rings. The van der Waals surface area contributed by atoms with E-state index in [1.807, 2.05) is 6.07 Å². The van der Waals surface area contributed by atoms with Crippen molar-refractivity contribution in [1.29, 1.82) is 0 Å². The SMILES string of the molecule is CC(C)C1CC(c2ccccc2)N=N1. The van der Waals surface area contributed by atoms with Gasteiger partial charge in [0, 0.05) is 6.42 Å². The molecule has 0 fully saturated rings. The Morgan fingerprint density at radius 3 is 2.43 bits per heavy atom. The lowest BCUT2D eigenvalue weighted by molar-refractivity contribution is 0.482. The lowest BCUT2D eigenvalue weighted by Crippen LogP contribution is -2.10. The van der Waals surface area contributed by atoms with E-state index >= 15 is 0 Å². The molecule has 2 unspecified atom stereocenters. The normalized spacial score (nSPS) is 25.9. The standard InChI is InChI=1S/C12H16N2/c1-9(2)11-8-12(14-13-11)10-6-4-3-5-7-10/h3-7,9,11-12H,8H2,1-2H3. The smallest absolute Gasteiger partial charge is 0.0978 e. The Hall–Kier alpha value is -1.18. The lowest BCUT2D eigenvalue weighted by Gasteiger charge is -2.11. The van der Waals surface area contributed by atoms with Crippen molar-refractivity contribution in [2.75, 3.05) is 0 Å². The molecule has 0 saturated carbocycles. The fourth-order valence-electron chi connectivity index (χ4n) is 1.77. The van der Waals surface area contributed by atoms with Gasteiger partial charge in [-0.25, -0.2) is 0 Å². The summed E-state index contributed by atoms with van der Waals surface area (Å²) in [4.78, 5) is 0. The van der Waals surface area contributed by atoms with E-state index in [-0.39, 0.29) is 0 Å². The van der Waals surface area contributed by atoms with E-state index < -0.39 is 0 Å². The van der Waals surface area contributed by atoms with Crippen molar-refractivity contribution in [2.24, 2.45) is 16.1 Å². The van der Waals surface area contributed by atoms with Gasteiger partial charge in [0.2, 0.25) is 0 Å². The van der Waals surface area contributed by atoms with Crippen molar-refractivity contribution in [2.45, 2.75) is 32.4 Å². The van der Waals surface area contributed by atoms with Crippen LogP contribution in [0, 0.1) is 5.92 Å². The first-order chi connectivity index (χ1) is 6.77. The quantitative estimate of drug-likeness (QED) is 0.677. The molecule has 0 aliphatic carbocycles. The average Bonchev–Trinajstić information content (AvgIpc) is 2.68. The number of azo groups is 1. The predicted molar refractivity (Wildman–Crippen MR) is 57.3 cm³/mol. The maximum Gasteiger partial charge on any atom is 0.0978 e. The Bertz CT molecular complexity index is 316. The molecule has 2 rings (SSSR count). The summed E-state index contributed by atoms with van der Waals surface area (Å²) in [6.45, 7) is 4.41. The highest BCUT2D eigenvalue weighted by Gasteiger charge is 2.25. The van der Waals surface area contributed by atoms with E-state index in [2.05, 4.69) is 48.3 Å². The molecular formula is C12H16N2. The summed E-state index contributed by atoms with van der Waals surface area (Å²) < 4.78 is 0. The predicted octanol–water partition coefficient (Wildman–Crippen LogP) is 3.61. The van der Waals surface area contributed by atoms with Crippen LogP contribution in [0.5, 0.6) is 0 Å². The topological polar surface area (TPSA) is 24.7 Å². The van der Waals surface area contributed by atoms with Crippen molar-refractivity contribution in [3.8, 4) is 0 Å². The van der Waals surface area contributed by atoms with Crippen molar-refractivity contribution in [1.82, 2.24) is 0 Å². The first kappa shape index (κ1) is 9.38. The van der Waals surface area contributed by atoms with E-state index in [1.165, 1.54) is 5.56 Å². The third-order valence-corrected chi connectivity index (χ3v) is 2.77. The molecule has 0 radical (unpaired) electrons. The zero-order valence-electron chi connectivity index (χ0n) is 8.72. The number of nitrogens with zero attached hydrogens (tertiary/aromatic N) is 2. The Morgan fingerprint density at radius 2 is 1.86 bits per heavy atom. The maximum atomic E-state index is 4.33. The summed E-state index contributed by atoms with van der Waals surface area (Å²) in [7, 11) is 0. The van der Waals surface area contributed by atoms with Crippen LogP contribution in [0.4, 0.5) is 0 Å². The van der Waals surface area contributed by atoms with Crippen molar-refractivity contribution < 1.29 is 0 Å². The highest BCUT2D eigenvalue weighted by atomic mass is 15.2. The molecule has 1 aromatic carbocycles. The second-order valence-electron chi connectivity index (χ2n) is 4.20. The fraction of sp³-hybridized carbons (Fsp3) is 0.500. The molecule has 0 N–H and O–H groups in total. The van der Waals surface area contributed by atoms with Crippen LogP contribution in [0.15, 0.2) is 40.6 Å². The van der Waals surface area contributed by atoms with Gasteiger partial charge in [-0.05, 0) is 11.5 Å². The first-order valence-corrected chi connectivity index (χ1v) is 5.22. The van der Waals surface area contributed by atoms with Crippen LogP contribution in [-0.2, 0) is 0 Å². The van der Waals surface area contributed by atoms with Crippen molar-refractivity contribution in [3.63, 3.8) is 0 Å².